The highest BCUT2D eigenvalue weighted by Gasteiger charge is 2.37. The number of benzene rings is 4. The maximum absolute atomic E-state index is 13.5. The Morgan fingerprint density at radius 1 is 1.00 bits per heavy atom. The van der Waals surface area contributed by atoms with Gasteiger partial charge in [0, 0.05) is 5.39 Å². The molecule has 0 radical (unpaired) electrons. The van der Waals surface area contributed by atoms with Crippen LogP contribution in [-0.4, -0.2) is 40.1 Å². The lowest BCUT2D eigenvalue weighted by Crippen LogP contribution is -2.51. The Hall–Kier alpha value is -4.04. The summed E-state index contributed by atoms with van der Waals surface area (Å²) in [7, 11) is -3.89. The minimum absolute atomic E-state index is 0.135. The molecule has 8 heteroatoms. The van der Waals surface area contributed by atoms with Crippen molar-refractivity contribution in [1.29, 1.82) is 0 Å². The summed E-state index contributed by atoms with van der Waals surface area (Å²) in [6, 6.07) is 27.2. The monoisotopic (exact) mass is 502 g/mol. The van der Waals surface area contributed by atoms with E-state index in [2.05, 4.69) is 5.32 Å². The third-order valence-corrected chi connectivity index (χ3v) is 7.81. The van der Waals surface area contributed by atoms with Crippen LogP contribution < -0.4 is 19.1 Å². The van der Waals surface area contributed by atoms with Crippen LogP contribution in [0.5, 0.6) is 11.5 Å². The molecule has 0 fully saturated rings. The van der Waals surface area contributed by atoms with E-state index in [9.17, 15) is 13.2 Å². The first-order valence-corrected chi connectivity index (χ1v) is 13.1. The minimum atomic E-state index is -3.89. The fourth-order valence-corrected chi connectivity index (χ4v) is 5.70. The van der Waals surface area contributed by atoms with Crippen molar-refractivity contribution in [2.24, 2.45) is 0 Å². The number of sulfonamides is 1. The molecule has 4 aromatic rings. The third kappa shape index (κ3) is 4.72. The Bertz CT molecular complexity index is 1500. The second-order valence-electron chi connectivity index (χ2n) is 8.54. The number of rotatable bonds is 7. The number of hydrogen-bond donors (Lipinski definition) is 1. The van der Waals surface area contributed by atoms with Gasteiger partial charge in [-0.1, -0.05) is 60.7 Å². The van der Waals surface area contributed by atoms with Gasteiger partial charge < -0.3 is 14.8 Å². The van der Waals surface area contributed by atoms with E-state index in [1.54, 1.807) is 42.5 Å². The topological polar surface area (TPSA) is 84.9 Å². The number of anilines is 1. The minimum Gasteiger partial charge on any atom is -0.491 e. The van der Waals surface area contributed by atoms with E-state index in [-0.39, 0.29) is 24.6 Å². The molecule has 1 aliphatic heterocycles. The molecule has 1 heterocycles. The maximum atomic E-state index is 13.5. The highest BCUT2D eigenvalue weighted by atomic mass is 32.2. The van der Waals surface area contributed by atoms with Crippen LogP contribution in [0.15, 0.2) is 95.9 Å². The van der Waals surface area contributed by atoms with Crippen molar-refractivity contribution in [2.75, 3.05) is 24.0 Å². The average molecular weight is 503 g/mol. The first-order chi connectivity index (χ1) is 17.4. The fraction of sp³-hybridized carbons (Fsp3) is 0.179. The summed E-state index contributed by atoms with van der Waals surface area (Å²) in [5.41, 5.74) is 1.31. The summed E-state index contributed by atoms with van der Waals surface area (Å²) in [5.74, 6) is 0.676. The molecule has 1 N–H and O–H groups in total. The predicted octanol–water partition coefficient (Wildman–Crippen LogP) is 4.30. The van der Waals surface area contributed by atoms with Crippen LogP contribution in [0.3, 0.4) is 0 Å². The van der Waals surface area contributed by atoms with Crippen LogP contribution >= 0.6 is 0 Å². The lowest BCUT2D eigenvalue weighted by Gasteiger charge is -2.35. The number of amides is 1. The Kier molecular flexibility index (Phi) is 6.52. The molecule has 1 aliphatic rings. The summed E-state index contributed by atoms with van der Waals surface area (Å²) < 4.78 is 40.0. The Balaban J connectivity index is 1.29. The van der Waals surface area contributed by atoms with E-state index in [1.807, 2.05) is 55.5 Å². The van der Waals surface area contributed by atoms with Gasteiger partial charge in [0.1, 0.15) is 18.1 Å². The summed E-state index contributed by atoms with van der Waals surface area (Å²) in [5, 5.41) is 4.88. The standard InChI is InChI=1S/C28H26N2O5S/c1-20-14-15-26-24(18-20)30(36(32,33)22-10-3-2-4-11-22)19-27(35-26)28(31)29-16-17-34-25-13-7-9-21-8-5-6-12-23(21)25/h2-15,18,27H,16-17,19H2,1H3,(H,29,31). The number of carbonyl (C=O) groups is 1. The lowest BCUT2D eigenvalue weighted by molar-refractivity contribution is -0.127. The van der Waals surface area contributed by atoms with Gasteiger partial charge in [0.25, 0.3) is 15.9 Å². The number of hydrogen-bond acceptors (Lipinski definition) is 5. The number of fused-ring (bicyclic) bond motifs is 2. The molecule has 36 heavy (non-hydrogen) atoms. The first kappa shape index (κ1) is 23.7. The second-order valence-corrected chi connectivity index (χ2v) is 10.4. The number of carbonyl (C=O) groups excluding carboxylic acids is 1. The van der Waals surface area contributed by atoms with Crippen LogP contribution in [0.1, 0.15) is 5.56 Å². The lowest BCUT2D eigenvalue weighted by atomic mass is 10.1. The molecular weight excluding hydrogens is 476 g/mol. The largest absolute Gasteiger partial charge is 0.491 e. The summed E-state index contributed by atoms with van der Waals surface area (Å²) in [4.78, 5) is 13.1. The maximum Gasteiger partial charge on any atom is 0.264 e. The predicted molar refractivity (Wildman–Crippen MR) is 139 cm³/mol. The van der Waals surface area contributed by atoms with Crippen molar-refractivity contribution >= 4 is 32.4 Å². The van der Waals surface area contributed by atoms with E-state index in [0.717, 1.165) is 22.1 Å². The fourth-order valence-electron chi connectivity index (χ4n) is 4.22. The molecule has 1 unspecified atom stereocenters. The summed E-state index contributed by atoms with van der Waals surface area (Å²) in [6.45, 7) is 2.24. The van der Waals surface area contributed by atoms with Crippen LogP contribution in [0.25, 0.3) is 10.8 Å². The van der Waals surface area contributed by atoms with Gasteiger partial charge in [-0.15, -0.1) is 0 Å². The van der Waals surface area contributed by atoms with E-state index in [1.165, 1.54) is 4.31 Å². The number of nitrogens with zero attached hydrogens (tertiary/aromatic N) is 1. The smallest absolute Gasteiger partial charge is 0.264 e. The van der Waals surface area contributed by atoms with Gasteiger partial charge in [-0.05, 0) is 48.2 Å². The molecule has 0 saturated heterocycles. The van der Waals surface area contributed by atoms with Gasteiger partial charge in [0.05, 0.1) is 23.7 Å². The van der Waals surface area contributed by atoms with Crippen LogP contribution in [-0.2, 0) is 14.8 Å². The van der Waals surface area contributed by atoms with E-state index in [0.29, 0.717) is 11.4 Å². The number of nitrogens with one attached hydrogen (secondary N) is 1. The molecule has 1 amide bonds. The van der Waals surface area contributed by atoms with Crippen molar-refractivity contribution in [2.45, 2.75) is 17.9 Å². The summed E-state index contributed by atoms with van der Waals surface area (Å²) >= 11 is 0. The number of aryl methyl sites for hydroxylation is 1. The highest BCUT2D eigenvalue weighted by Crippen LogP contribution is 2.37. The average Bonchev–Trinajstić information content (AvgIpc) is 2.91. The van der Waals surface area contributed by atoms with Crippen molar-refractivity contribution in [1.82, 2.24) is 5.32 Å². The van der Waals surface area contributed by atoms with E-state index < -0.39 is 22.0 Å². The molecule has 0 spiro atoms. The highest BCUT2D eigenvalue weighted by molar-refractivity contribution is 7.92. The van der Waals surface area contributed by atoms with Gasteiger partial charge in [-0.25, -0.2) is 8.42 Å². The molecule has 184 valence electrons. The Morgan fingerprint density at radius 3 is 2.58 bits per heavy atom. The molecular formula is C28H26N2O5S. The van der Waals surface area contributed by atoms with E-state index in [4.69, 9.17) is 9.47 Å². The molecule has 0 aromatic heterocycles. The van der Waals surface area contributed by atoms with Crippen molar-refractivity contribution in [3.8, 4) is 11.5 Å². The molecule has 4 aromatic carbocycles. The molecule has 0 bridgehead atoms. The summed E-state index contributed by atoms with van der Waals surface area (Å²) in [6.07, 6.45) is -1.00. The van der Waals surface area contributed by atoms with Gasteiger partial charge in [0.15, 0.2) is 6.10 Å². The van der Waals surface area contributed by atoms with Crippen molar-refractivity contribution in [3.05, 3.63) is 96.6 Å². The second kappa shape index (κ2) is 9.91. The molecule has 1 atom stereocenters. The zero-order chi connectivity index (χ0) is 25.1. The van der Waals surface area contributed by atoms with Crippen molar-refractivity contribution in [3.63, 3.8) is 0 Å². The van der Waals surface area contributed by atoms with Gasteiger partial charge >= 0.3 is 0 Å². The van der Waals surface area contributed by atoms with Crippen LogP contribution in [0.4, 0.5) is 5.69 Å². The van der Waals surface area contributed by atoms with E-state index >= 15 is 0 Å². The molecule has 7 nitrogen and oxygen atoms in total. The van der Waals surface area contributed by atoms with Crippen LogP contribution in [0, 0.1) is 6.92 Å². The Morgan fingerprint density at radius 2 is 1.75 bits per heavy atom. The zero-order valence-electron chi connectivity index (χ0n) is 19.8. The Labute approximate surface area is 210 Å². The molecule has 5 rings (SSSR count). The number of ether oxygens (including phenoxy) is 2. The van der Waals surface area contributed by atoms with Crippen LogP contribution in [0.2, 0.25) is 0 Å². The van der Waals surface area contributed by atoms with Crippen molar-refractivity contribution < 1.29 is 22.7 Å². The molecule has 0 aliphatic carbocycles. The molecule has 0 saturated carbocycles. The zero-order valence-corrected chi connectivity index (χ0v) is 20.6. The van der Waals surface area contributed by atoms with Gasteiger partial charge in [-0.3, -0.25) is 9.10 Å². The van der Waals surface area contributed by atoms with Gasteiger partial charge in [-0.2, -0.15) is 0 Å². The third-order valence-electron chi connectivity index (χ3n) is 6.02. The van der Waals surface area contributed by atoms with Gasteiger partial charge in [0.2, 0.25) is 0 Å². The first-order valence-electron chi connectivity index (χ1n) is 11.7. The quantitative estimate of drug-likeness (QED) is 0.381. The normalized spacial score (nSPS) is 15.1. The SMILES string of the molecule is Cc1ccc2c(c1)N(S(=O)(=O)c1ccccc1)CC(C(=O)NCCOc1cccc3ccccc13)O2.